The van der Waals surface area contributed by atoms with Crippen LogP contribution in [0.5, 0.6) is 0 Å². The van der Waals surface area contributed by atoms with Crippen LogP contribution in [0.25, 0.3) is 27.7 Å². The van der Waals surface area contributed by atoms with Gasteiger partial charge in [0.05, 0.1) is 41.2 Å². The lowest BCUT2D eigenvalue weighted by atomic mass is 9.79. The van der Waals surface area contributed by atoms with Gasteiger partial charge in [0, 0.05) is 99.8 Å². The summed E-state index contributed by atoms with van der Waals surface area (Å²) in [6.45, 7) is 28.7. The smallest absolute Gasteiger partial charge is 0.410 e. The number of carbonyl (C=O) groups excluding carboxylic acids is 2. The number of hydrazine groups is 1. The van der Waals surface area contributed by atoms with Crippen molar-refractivity contribution in [3.8, 4) is 23.1 Å². The first-order valence-corrected chi connectivity index (χ1v) is 27.6. The Morgan fingerprint density at radius 1 is 1.04 bits per heavy atom. The molecule has 4 atom stereocenters. The molecule has 1 aromatic carbocycles. The molecule has 3 aromatic rings. The molecule has 7 rings (SSSR count). The summed E-state index contributed by atoms with van der Waals surface area (Å²) in [6, 6.07) is 4.72. The van der Waals surface area contributed by atoms with Crippen LogP contribution in [-0.2, 0) is 54.9 Å². The molecule has 5 N–H and O–H groups in total. The molecule has 0 radical (unpaired) electrons. The standard InChI is InChI=1S/C48H68N8O7S.C5H10.2C2H6/c1-32(54-17-19-55(20-18-54)46(58)61-47(2,3)4)13-14-33(29-51-7)23-35(15-22-59-8)44-40(28-48(5,6)31-60-63-62-45(49)37-25-38(26-37)53-50)39-27-36(24-34-11-9-16-56(44)43(34)39)41-30-64-42(52-41)12-10-21-57;1-4-3-5(4)2;2*1-2/h15,21,23-24,27,29-30,32,37-38,45,53H,9-12,16-20,22,25-26,28,31,49-50H2,1-8H3;4-5H,3H2,1-2H3;2*1-2H3/b33-23-,35-15-,51-29?;;;/t32-,37?,38?,45-;4-,5?;;/m11../s1. The maximum atomic E-state index is 12.7. The Hall–Kier alpha value is -4.28. The highest BCUT2D eigenvalue weighted by atomic mass is 32.1. The van der Waals surface area contributed by atoms with Gasteiger partial charge in [0.2, 0.25) is 0 Å². The number of thiazole rings is 1. The van der Waals surface area contributed by atoms with Crippen LogP contribution >= 0.6 is 11.3 Å². The summed E-state index contributed by atoms with van der Waals surface area (Å²) in [5, 5.41) is 9.46. The van der Waals surface area contributed by atoms with Gasteiger partial charge in [0.25, 0.3) is 0 Å². The van der Waals surface area contributed by atoms with Gasteiger partial charge < -0.3 is 29.5 Å². The molecule has 1 unspecified atom stereocenters. The summed E-state index contributed by atoms with van der Waals surface area (Å²) in [6.07, 6.45) is 12.8. The minimum absolute atomic E-state index is 0.0609. The van der Waals surface area contributed by atoms with E-state index in [2.05, 4.69) is 96.0 Å². The first kappa shape index (κ1) is 61.3. The Morgan fingerprint density at radius 2 is 1.73 bits per heavy atom. The lowest BCUT2D eigenvalue weighted by Crippen LogP contribution is -2.52. The van der Waals surface area contributed by atoms with Crippen molar-refractivity contribution in [2.24, 2.45) is 39.7 Å². The minimum atomic E-state index is -0.623. The van der Waals surface area contributed by atoms with Crippen molar-refractivity contribution in [2.75, 3.05) is 53.6 Å². The number of hydrogen-bond donors (Lipinski definition) is 3. The van der Waals surface area contributed by atoms with Crippen molar-refractivity contribution in [1.29, 1.82) is 0 Å². The molecule has 15 nitrogen and oxygen atoms in total. The Labute approximate surface area is 441 Å². The van der Waals surface area contributed by atoms with E-state index in [1.54, 1.807) is 30.4 Å². The number of rotatable bonds is 19. The van der Waals surface area contributed by atoms with Crippen molar-refractivity contribution >= 4 is 46.4 Å². The Morgan fingerprint density at radius 3 is 2.33 bits per heavy atom. The quantitative estimate of drug-likeness (QED) is 0.0119. The molecule has 4 heterocycles. The largest absolute Gasteiger partial charge is 0.444 e. The number of aliphatic imine (C=N–C) groups is 1. The number of aromatic nitrogens is 2. The van der Waals surface area contributed by atoms with Crippen molar-refractivity contribution in [3.05, 3.63) is 57.1 Å². The molecule has 0 bridgehead atoms. The predicted octanol–water partition coefficient (Wildman–Crippen LogP) is 10.1. The monoisotopic (exact) mass is 1030 g/mol. The summed E-state index contributed by atoms with van der Waals surface area (Å²) in [4.78, 5) is 48.5. The zero-order valence-corrected chi connectivity index (χ0v) is 47.6. The zero-order chi connectivity index (χ0) is 53.9. The normalized spacial score (nSPS) is 20.8. The van der Waals surface area contributed by atoms with E-state index >= 15 is 0 Å². The SMILES string of the molecule is CC.CC.CC1C[C@H]1C.CN=C/C(C#C[C@@H](C)N1CCN(C(=O)OC(C)(C)C)CC1)=C\C(=C\COC)c1c(CC(C)(C)COOO[C@@H](N)C2CC(NN)C2)c2cc(-c3csc(CCC=O)n3)cc3c2n1CCC3. The molecular weight excluding hydrogens is 941 g/mol. The first-order chi connectivity index (χ1) is 34.9. The van der Waals surface area contributed by atoms with Gasteiger partial charge in [-0.1, -0.05) is 72.3 Å². The Balaban J connectivity index is 0.00000118. The number of allylic oxidation sites excluding steroid dienone is 3. The third-order valence-electron chi connectivity index (χ3n) is 13.4. The van der Waals surface area contributed by atoms with Gasteiger partial charge in [-0.3, -0.25) is 21.2 Å². The van der Waals surface area contributed by atoms with Gasteiger partial charge in [-0.15, -0.1) is 11.3 Å². The van der Waals surface area contributed by atoms with Gasteiger partial charge in [0.1, 0.15) is 18.1 Å². The predicted molar refractivity (Wildman–Crippen MR) is 298 cm³/mol. The topological polar surface area (TPSA) is 181 Å². The van der Waals surface area contributed by atoms with E-state index in [9.17, 15) is 9.59 Å². The van der Waals surface area contributed by atoms with Crippen LogP contribution in [0.3, 0.4) is 0 Å². The number of methoxy groups -OCH3 is 1. The van der Waals surface area contributed by atoms with E-state index in [0.29, 0.717) is 52.0 Å². The maximum absolute atomic E-state index is 12.7. The maximum Gasteiger partial charge on any atom is 0.410 e. The fourth-order valence-corrected chi connectivity index (χ4v) is 9.85. The third-order valence-corrected chi connectivity index (χ3v) is 14.4. The highest BCUT2D eigenvalue weighted by Gasteiger charge is 2.35. The van der Waals surface area contributed by atoms with Crippen molar-refractivity contribution in [3.63, 3.8) is 0 Å². The summed E-state index contributed by atoms with van der Waals surface area (Å²) in [5.41, 5.74) is 16.5. The van der Waals surface area contributed by atoms with Gasteiger partial charge >= 0.3 is 6.09 Å². The number of aryl methyl sites for hydroxylation is 3. The van der Waals surface area contributed by atoms with Gasteiger partial charge in [-0.25, -0.2) is 14.7 Å². The second kappa shape index (κ2) is 29.7. The van der Waals surface area contributed by atoms with Crippen LogP contribution in [0.15, 0.2) is 40.2 Å². The fraction of sp³-hybridized carbons (Fsp3) is 0.649. The number of hydrogen-bond acceptors (Lipinski definition) is 14. The second-order valence-electron chi connectivity index (χ2n) is 21.0. The van der Waals surface area contributed by atoms with Crippen LogP contribution in [-0.4, -0.2) is 115 Å². The molecule has 2 aliphatic heterocycles. The number of carbonyl (C=O) groups is 2. The minimum Gasteiger partial charge on any atom is -0.444 e. The van der Waals surface area contributed by atoms with E-state index < -0.39 is 17.2 Å². The van der Waals surface area contributed by atoms with Gasteiger partial charge in [-0.2, -0.15) is 4.89 Å². The zero-order valence-electron chi connectivity index (χ0n) is 46.8. The highest BCUT2D eigenvalue weighted by molar-refractivity contribution is 7.09. The number of nitrogens with one attached hydrogen (secondary N) is 1. The van der Waals surface area contributed by atoms with Crippen molar-refractivity contribution in [1.82, 2.24) is 24.8 Å². The van der Waals surface area contributed by atoms with E-state index in [0.717, 1.165) is 94.4 Å². The van der Waals surface area contributed by atoms with Crippen LogP contribution in [0.4, 0.5) is 4.79 Å². The van der Waals surface area contributed by atoms with Crippen molar-refractivity contribution in [2.45, 2.75) is 165 Å². The van der Waals surface area contributed by atoms with Crippen LogP contribution in [0, 0.1) is 35.0 Å². The number of amides is 1. The van der Waals surface area contributed by atoms with Crippen LogP contribution in [0.1, 0.15) is 137 Å². The summed E-state index contributed by atoms with van der Waals surface area (Å²) in [7, 11) is 3.45. The fourth-order valence-electron chi connectivity index (χ4n) is 9.03. The molecule has 1 amide bonds. The first-order valence-electron chi connectivity index (χ1n) is 26.7. The molecule has 406 valence electrons. The van der Waals surface area contributed by atoms with E-state index in [1.807, 2.05) is 54.7 Å². The molecule has 3 fully saturated rings. The third kappa shape index (κ3) is 18.2. The van der Waals surface area contributed by atoms with E-state index in [-0.39, 0.29) is 30.7 Å². The van der Waals surface area contributed by atoms with E-state index in [4.69, 9.17) is 40.8 Å². The summed E-state index contributed by atoms with van der Waals surface area (Å²) >= 11 is 1.59. The Kier molecular flexibility index (Phi) is 24.9. The molecule has 4 aliphatic rings. The van der Waals surface area contributed by atoms with Crippen molar-refractivity contribution < 1.29 is 33.9 Å². The van der Waals surface area contributed by atoms with E-state index in [1.165, 1.54) is 17.5 Å². The lowest BCUT2D eigenvalue weighted by molar-refractivity contribution is -0.535. The highest BCUT2D eigenvalue weighted by Crippen LogP contribution is 2.43. The Bertz CT molecular complexity index is 2350. The summed E-state index contributed by atoms with van der Waals surface area (Å²) < 4.78 is 13.8. The van der Waals surface area contributed by atoms with Crippen LogP contribution < -0.4 is 17.0 Å². The number of aldehydes is 1. The molecule has 2 aromatic heterocycles. The second-order valence-corrected chi connectivity index (χ2v) is 22.0. The van der Waals surface area contributed by atoms with Crippen LogP contribution in [0.2, 0.25) is 0 Å². The summed E-state index contributed by atoms with van der Waals surface area (Å²) in [5.74, 6) is 14.7. The number of nitrogens with two attached hydrogens (primary N) is 2. The molecular formula is C57H90N8O7S. The average Bonchev–Trinajstić information content (AvgIpc) is 3.65. The molecule has 1 saturated heterocycles. The number of benzene rings is 1. The average molecular weight is 1030 g/mol. The van der Waals surface area contributed by atoms with Gasteiger partial charge in [0.15, 0.2) is 0 Å². The number of ether oxygens (including phenoxy) is 2. The molecule has 2 saturated carbocycles. The molecule has 0 spiro atoms. The number of nitrogens with zero attached hydrogens (tertiary/aromatic N) is 5. The lowest BCUT2D eigenvalue weighted by Gasteiger charge is -2.37. The molecule has 73 heavy (non-hydrogen) atoms. The number of piperazine rings is 1. The van der Waals surface area contributed by atoms with Gasteiger partial charge in [-0.05, 0) is 124 Å². The molecule has 16 heteroatoms. The molecule has 2 aliphatic carbocycles.